The lowest BCUT2D eigenvalue weighted by atomic mass is 9.88. The monoisotopic (exact) mass is 322 g/mol. The van der Waals surface area contributed by atoms with Gasteiger partial charge in [0.2, 0.25) is 5.91 Å². The molecule has 0 aliphatic heterocycles. The predicted octanol–water partition coefficient (Wildman–Crippen LogP) is 2.80. The van der Waals surface area contributed by atoms with Crippen molar-refractivity contribution in [3.63, 3.8) is 0 Å². The SMILES string of the molecule is CCC(C)C(C)(O)CNC(C)CC(=O)Nc1cccc(OC)c1. The van der Waals surface area contributed by atoms with E-state index in [1.165, 1.54) is 0 Å². The highest BCUT2D eigenvalue weighted by Gasteiger charge is 2.27. The molecule has 5 heteroatoms. The van der Waals surface area contributed by atoms with E-state index in [0.29, 0.717) is 24.4 Å². The molecule has 1 aromatic carbocycles. The minimum Gasteiger partial charge on any atom is -0.497 e. The average Bonchev–Trinajstić information content (AvgIpc) is 2.52. The number of anilines is 1. The molecule has 0 radical (unpaired) electrons. The van der Waals surface area contributed by atoms with E-state index in [0.717, 1.165) is 6.42 Å². The number of methoxy groups -OCH3 is 1. The van der Waals surface area contributed by atoms with Crippen LogP contribution in [0, 0.1) is 5.92 Å². The van der Waals surface area contributed by atoms with Crippen LogP contribution in [0.4, 0.5) is 5.69 Å². The van der Waals surface area contributed by atoms with Crippen LogP contribution < -0.4 is 15.4 Å². The summed E-state index contributed by atoms with van der Waals surface area (Å²) in [6.07, 6.45) is 1.26. The molecule has 0 aliphatic carbocycles. The Balaban J connectivity index is 2.44. The number of ether oxygens (including phenoxy) is 1. The van der Waals surface area contributed by atoms with Gasteiger partial charge < -0.3 is 20.5 Å². The van der Waals surface area contributed by atoms with Gasteiger partial charge in [0, 0.05) is 30.8 Å². The smallest absolute Gasteiger partial charge is 0.225 e. The van der Waals surface area contributed by atoms with Gasteiger partial charge in [0.25, 0.3) is 0 Å². The number of nitrogens with one attached hydrogen (secondary N) is 2. The molecule has 0 bridgehead atoms. The van der Waals surface area contributed by atoms with Crippen LogP contribution in [0.2, 0.25) is 0 Å². The fraction of sp³-hybridized carbons (Fsp3) is 0.611. The van der Waals surface area contributed by atoms with Crippen LogP contribution in [0.1, 0.15) is 40.5 Å². The van der Waals surface area contributed by atoms with E-state index >= 15 is 0 Å². The third-order valence-electron chi connectivity index (χ3n) is 4.33. The summed E-state index contributed by atoms with van der Waals surface area (Å²) >= 11 is 0. The molecule has 0 heterocycles. The summed E-state index contributed by atoms with van der Waals surface area (Å²) in [6, 6.07) is 7.25. The molecule has 3 N–H and O–H groups in total. The zero-order chi connectivity index (χ0) is 17.5. The third-order valence-corrected chi connectivity index (χ3v) is 4.33. The molecule has 130 valence electrons. The van der Waals surface area contributed by atoms with E-state index in [9.17, 15) is 9.90 Å². The van der Waals surface area contributed by atoms with E-state index < -0.39 is 5.60 Å². The minimum absolute atomic E-state index is 0.0175. The maximum absolute atomic E-state index is 12.1. The van der Waals surface area contributed by atoms with Crippen LogP contribution in [0.15, 0.2) is 24.3 Å². The summed E-state index contributed by atoms with van der Waals surface area (Å²) in [4.78, 5) is 12.1. The molecule has 23 heavy (non-hydrogen) atoms. The summed E-state index contributed by atoms with van der Waals surface area (Å²) in [5.41, 5.74) is -0.0557. The van der Waals surface area contributed by atoms with Gasteiger partial charge in [-0.1, -0.05) is 26.3 Å². The first-order valence-corrected chi connectivity index (χ1v) is 8.18. The topological polar surface area (TPSA) is 70.6 Å². The summed E-state index contributed by atoms with van der Waals surface area (Å²) in [5, 5.41) is 16.5. The van der Waals surface area contributed by atoms with E-state index in [2.05, 4.69) is 17.6 Å². The molecule has 5 nitrogen and oxygen atoms in total. The molecule has 3 atom stereocenters. The van der Waals surface area contributed by atoms with Gasteiger partial charge in [0.05, 0.1) is 12.7 Å². The highest BCUT2D eigenvalue weighted by Crippen LogP contribution is 2.19. The van der Waals surface area contributed by atoms with Crippen LogP contribution >= 0.6 is 0 Å². The first kappa shape index (κ1) is 19.5. The van der Waals surface area contributed by atoms with Crippen molar-refractivity contribution in [1.29, 1.82) is 0 Å². The normalized spacial score (nSPS) is 16.3. The molecular formula is C18H30N2O3. The van der Waals surface area contributed by atoms with Gasteiger partial charge in [-0.05, 0) is 31.9 Å². The Bertz CT molecular complexity index is 503. The molecule has 0 aliphatic rings. The lowest BCUT2D eigenvalue weighted by molar-refractivity contribution is -0.116. The van der Waals surface area contributed by atoms with Crippen molar-refractivity contribution in [3.8, 4) is 5.75 Å². The molecule has 1 rings (SSSR count). The molecule has 0 saturated heterocycles. The molecule has 0 saturated carbocycles. The molecule has 0 spiro atoms. The van der Waals surface area contributed by atoms with Gasteiger partial charge in [-0.15, -0.1) is 0 Å². The fourth-order valence-electron chi connectivity index (χ4n) is 2.26. The quantitative estimate of drug-likeness (QED) is 0.654. The summed E-state index contributed by atoms with van der Waals surface area (Å²) in [5.74, 6) is 0.841. The number of amides is 1. The Hall–Kier alpha value is -1.59. The van der Waals surface area contributed by atoms with E-state index in [-0.39, 0.29) is 17.9 Å². The van der Waals surface area contributed by atoms with Crippen LogP contribution in [-0.2, 0) is 4.79 Å². The Kier molecular flexibility index (Phi) is 7.52. The molecule has 1 amide bonds. The lowest BCUT2D eigenvalue weighted by Gasteiger charge is -2.31. The predicted molar refractivity (Wildman–Crippen MR) is 93.8 cm³/mol. The maximum Gasteiger partial charge on any atom is 0.225 e. The molecular weight excluding hydrogens is 292 g/mol. The maximum atomic E-state index is 12.1. The first-order valence-electron chi connectivity index (χ1n) is 8.18. The van der Waals surface area contributed by atoms with Gasteiger partial charge in [-0.3, -0.25) is 4.79 Å². The van der Waals surface area contributed by atoms with Crippen LogP contribution in [0.25, 0.3) is 0 Å². The van der Waals surface area contributed by atoms with Crippen molar-refractivity contribution in [2.75, 3.05) is 19.0 Å². The molecule has 1 aromatic rings. The number of hydrogen-bond acceptors (Lipinski definition) is 4. The lowest BCUT2D eigenvalue weighted by Crippen LogP contribution is -2.46. The second kappa shape index (κ2) is 8.89. The van der Waals surface area contributed by atoms with Crippen molar-refractivity contribution in [2.45, 2.75) is 52.2 Å². The summed E-state index contributed by atoms with van der Waals surface area (Å²) in [7, 11) is 1.59. The largest absolute Gasteiger partial charge is 0.497 e. The first-order chi connectivity index (χ1) is 10.8. The van der Waals surface area contributed by atoms with Gasteiger partial charge in [0.1, 0.15) is 5.75 Å². The van der Waals surface area contributed by atoms with Gasteiger partial charge >= 0.3 is 0 Å². The summed E-state index contributed by atoms with van der Waals surface area (Å²) in [6.45, 7) is 8.33. The van der Waals surface area contributed by atoms with Gasteiger partial charge in [0.15, 0.2) is 0 Å². The zero-order valence-corrected chi connectivity index (χ0v) is 14.8. The highest BCUT2D eigenvalue weighted by atomic mass is 16.5. The number of carbonyl (C=O) groups excluding carboxylic acids is 1. The molecule has 0 aromatic heterocycles. The highest BCUT2D eigenvalue weighted by molar-refractivity contribution is 5.91. The summed E-state index contributed by atoms with van der Waals surface area (Å²) < 4.78 is 5.14. The molecule has 0 fully saturated rings. The van der Waals surface area contributed by atoms with Crippen molar-refractivity contribution < 1.29 is 14.6 Å². The number of hydrogen-bond donors (Lipinski definition) is 3. The Morgan fingerprint density at radius 3 is 2.70 bits per heavy atom. The number of rotatable bonds is 9. The van der Waals surface area contributed by atoms with E-state index in [4.69, 9.17) is 4.74 Å². The van der Waals surface area contributed by atoms with Crippen LogP contribution in [0.5, 0.6) is 5.75 Å². The Morgan fingerprint density at radius 2 is 2.09 bits per heavy atom. The zero-order valence-electron chi connectivity index (χ0n) is 14.8. The van der Waals surface area contributed by atoms with E-state index in [1.54, 1.807) is 13.2 Å². The van der Waals surface area contributed by atoms with Crippen molar-refractivity contribution in [3.05, 3.63) is 24.3 Å². The van der Waals surface area contributed by atoms with Crippen molar-refractivity contribution in [1.82, 2.24) is 5.32 Å². The van der Waals surface area contributed by atoms with E-state index in [1.807, 2.05) is 39.0 Å². The van der Waals surface area contributed by atoms with Crippen molar-refractivity contribution in [2.24, 2.45) is 5.92 Å². The second-order valence-corrected chi connectivity index (χ2v) is 6.43. The molecule has 3 unspecified atom stereocenters. The van der Waals surface area contributed by atoms with Gasteiger partial charge in [-0.25, -0.2) is 0 Å². The Labute approximate surface area is 139 Å². The second-order valence-electron chi connectivity index (χ2n) is 6.43. The van der Waals surface area contributed by atoms with Gasteiger partial charge in [-0.2, -0.15) is 0 Å². The van der Waals surface area contributed by atoms with Crippen LogP contribution in [0.3, 0.4) is 0 Å². The third kappa shape index (κ3) is 6.59. The minimum atomic E-state index is -0.772. The fourth-order valence-corrected chi connectivity index (χ4v) is 2.26. The Morgan fingerprint density at radius 1 is 1.39 bits per heavy atom. The van der Waals surface area contributed by atoms with Crippen molar-refractivity contribution >= 4 is 11.6 Å². The standard InChI is InChI=1S/C18H30N2O3/c1-6-13(2)18(4,22)12-19-14(3)10-17(21)20-15-8-7-9-16(11-15)23-5/h7-9,11,13-14,19,22H,6,10,12H2,1-5H3,(H,20,21). The average molecular weight is 322 g/mol. The number of aliphatic hydroxyl groups is 1. The number of carbonyl (C=O) groups is 1. The number of benzene rings is 1. The van der Waals surface area contributed by atoms with Crippen LogP contribution in [-0.4, -0.2) is 36.3 Å².